The van der Waals surface area contributed by atoms with Crippen molar-refractivity contribution in [1.82, 2.24) is 4.98 Å². The molecule has 72 valence electrons. The van der Waals surface area contributed by atoms with Crippen molar-refractivity contribution >= 4 is 11.6 Å². The highest BCUT2D eigenvalue weighted by Crippen LogP contribution is 2.24. The molecule has 0 unspecified atom stereocenters. The number of nitrogens with one attached hydrogen (secondary N) is 1. The second-order valence-corrected chi connectivity index (χ2v) is 3.96. The van der Waals surface area contributed by atoms with Gasteiger partial charge in [0.2, 0.25) is 0 Å². The van der Waals surface area contributed by atoms with Crippen LogP contribution in [0.1, 0.15) is 36.6 Å². The van der Waals surface area contributed by atoms with Crippen molar-refractivity contribution in [2.75, 3.05) is 0 Å². The van der Waals surface area contributed by atoms with Crippen LogP contribution >= 0.6 is 11.6 Å². The number of halogens is 1. The third-order valence-corrected chi connectivity index (χ3v) is 2.67. The average molecular weight is 200 g/mol. The van der Waals surface area contributed by atoms with E-state index in [4.69, 9.17) is 11.6 Å². The fourth-order valence-corrected chi connectivity index (χ4v) is 1.88. The third-order valence-electron chi connectivity index (χ3n) is 2.21. The van der Waals surface area contributed by atoms with Crippen LogP contribution in [0.3, 0.4) is 0 Å². The zero-order valence-electron chi connectivity index (χ0n) is 8.36. The molecule has 0 bridgehead atoms. The van der Waals surface area contributed by atoms with E-state index in [1.54, 1.807) is 0 Å². The van der Waals surface area contributed by atoms with Crippen molar-refractivity contribution < 1.29 is 0 Å². The number of aromatic nitrogens is 1. The minimum Gasteiger partial charge on any atom is -0.325 e. The van der Waals surface area contributed by atoms with Gasteiger partial charge in [-0.15, -0.1) is 0 Å². The van der Waals surface area contributed by atoms with Crippen LogP contribution in [0.4, 0.5) is 0 Å². The van der Waals surface area contributed by atoms with Gasteiger partial charge in [0, 0.05) is 5.69 Å². The van der Waals surface area contributed by atoms with E-state index < -0.39 is 0 Å². The van der Waals surface area contributed by atoms with Gasteiger partial charge >= 0.3 is 0 Å². The van der Waals surface area contributed by atoms with Gasteiger partial charge in [0.15, 0.2) is 0 Å². The lowest BCUT2D eigenvalue weighted by Crippen LogP contribution is -2.13. The molecule has 1 N–H and O–H groups in total. The molecule has 0 saturated carbocycles. The molecule has 0 amide bonds. The highest BCUT2D eigenvalue weighted by Gasteiger charge is 2.12. The van der Waals surface area contributed by atoms with E-state index in [1.807, 2.05) is 13.8 Å². The standard InChI is InChI=1S/C10H14ClNO/c1-5(2)8-6(3)9(11)10(13)12-7(8)4/h5H,1-4H3,(H,12,13). The van der Waals surface area contributed by atoms with E-state index in [9.17, 15) is 4.79 Å². The van der Waals surface area contributed by atoms with E-state index in [1.165, 1.54) is 0 Å². The number of rotatable bonds is 1. The first-order chi connectivity index (χ1) is 5.95. The summed E-state index contributed by atoms with van der Waals surface area (Å²) in [6.45, 7) is 7.97. The Kier molecular flexibility index (Phi) is 2.81. The number of aromatic amines is 1. The quantitative estimate of drug-likeness (QED) is 0.741. The van der Waals surface area contributed by atoms with Gasteiger partial charge in [-0.25, -0.2) is 0 Å². The topological polar surface area (TPSA) is 32.9 Å². The zero-order valence-corrected chi connectivity index (χ0v) is 9.12. The maximum absolute atomic E-state index is 11.2. The number of pyridine rings is 1. The minimum absolute atomic E-state index is 0.193. The Morgan fingerprint density at radius 2 is 1.85 bits per heavy atom. The summed E-state index contributed by atoms with van der Waals surface area (Å²) < 4.78 is 0. The number of hydrogen-bond acceptors (Lipinski definition) is 1. The minimum atomic E-state index is -0.193. The van der Waals surface area contributed by atoms with Crippen LogP contribution in [0.2, 0.25) is 5.02 Å². The lowest BCUT2D eigenvalue weighted by molar-refractivity contribution is 0.828. The smallest absolute Gasteiger partial charge is 0.267 e. The molecule has 0 radical (unpaired) electrons. The lowest BCUT2D eigenvalue weighted by Gasteiger charge is -2.13. The van der Waals surface area contributed by atoms with Gasteiger partial charge in [-0.05, 0) is 30.9 Å². The summed E-state index contributed by atoms with van der Waals surface area (Å²) in [5, 5.41) is 0.314. The van der Waals surface area contributed by atoms with Gasteiger partial charge < -0.3 is 4.98 Å². The van der Waals surface area contributed by atoms with Gasteiger partial charge in [0.05, 0.1) is 0 Å². The first-order valence-electron chi connectivity index (χ1n) is 4.34. The highest BCUT2D eigenvalue weighted by atomic mass is 35.5. The summed E-state index contributed by atoms with van der Waals surface area (Å²) in [6, 6.07) is 0. The van der Waals surface area contributed by atoms with Crippen molar-refractivity contribution in [3.63, 3.8) is 0 Å². The van der Waals surface area contributed by atoms with Crippen molar-refractivity contribution in [1.29, 1.82) is 0 Å². The largest absolute Gasteiger partial charge is 0.325 e. The van der Waals surface area contributed by atoms with E-state index in [0.29, 0.717) is 10.9 Å². The summed E-state index contributed by atoms with van der Waals surface area (Å²) in [6.07, 6.45) is 0. The van der Waals surface area contributed by atoms with Crippen LogP contribution in [-0.2, 0) is 0 Å². The molecule has 0 atom stereocenters. The maximum Gasteiger partial charge on any atom is 0.267 e. The Bertz CT molecular complexity index is 379. The normalized spacial score (nSPS) is 10.9. The molecular weight excluding hydrogens is 186 g/mol. The Hall–Kier alpha value is -0.760. The predicted molar refractivity (Wildman–Crippen MR) is 55.6 cm³/mol. The summed E-state index contributed by atoms with van der Waals surface area (Å²) in [4.78, 5) is 14.0. The summed E-state index contributed by atoms with van der Waals surface area (Å²) in [7, 11) is 0. The van der Waals surface area contributed by atoms with E-state index in [2.05, 4.69) is 18.8 Å². The molecule has 0 aliphatic heterocycles. The number of hydrogen-bond donors (Lipinski definition) is 1. The maximum atomic E-state index is 11.2. The van der Waals surface area contributed by atoms with Crippen molar-refractivity contribution in [2.24, 2.45) is 0 Å². The molecule has 0 fully saturated rings. The van der Waals surface area contributed by atoms with Crippen LogP contribution in [0.5, 0.6) is 0 Å². The van der Waals surface area contributed by atoms with Gasteiger partial charge in [-0.3, -0.25) is 4.79 Å². The molecule has 1 aromatic rings. The van der Waals surface area contributed by atoms with Gasteiger partial charge in [-0.1, -0.05) is 25.4 Å². The first kappa shape index (κ1) is 10.3. The van der Waals surface area contributed by atoms with Crippen molar-refractivity contribution in [3.05, 3.63) is 32.2 Å². The molecule has 0 spiro atoms. The monoisotopic (exact) mass is 199 g/mol. The summed E-state index contributed by atoms with van der Waals surface area (Å²) >= 11 is 5.86. The van der Waals surface area contributed by atoms with E-state index in [0.717, 1.165) is 16.8 Å². The molecule has 3 heteroatoms. The molecule has 13 heavy (non-hydrogen) atoms. The van der Waals surface area contributed by atoms with Crippen molar-refractivity contribution in [3.8, 4) is 0 Å². The first-order valence-corrected chi connectivity index (χ1v) is 4.71. The molecule has 1 heterocycles. The lowest BCUT2D eigenvalue weighted by atomic mass is 9.97. The number of aryl methyl sites for hydroxylation is 1. The Labute approximate surface area is 82.9 Å². The van der Waals surface area contributed by atoms with Crippen LogP contribution < -0.4 is 5.56 Å². The van der Waals surface area contributed by atoms with Gasteiger partial charge in [0.1, 0.15) is 5.02 Å². The van der Waals surface area contributed by atoms with Gasteiger partial charge in [-0.2, -0.15) is 0 Å². The Balaban J connectivity index is 3.53. The Morgan fingerprint density at radius 1 is 1.31 bits per heavy atom. The fourth-order valence-electron chi connectivity index (χ4n) is 1.73. The average Bonchev–Trinajstić information content (AvgIpc) is 1.99. The second-order valence-electron chi connectivity index (χ2n) is 3.59. The molecule has 2 nitrogen and oxygen atoms in total. The molecule has 0 aromatic carbocycles. The molecule has 0 aliphatic carbocycles. The van der Waals surface area contributed by atoms with Crippen molar-refractivity contribution in [2.45, 2.75) is 33.6 Å². The zero-order chi connectivity index (χ0) is 10.2. The van der Waals surface area contributed by atoms with E-state index >= 15 is 0 Å². The van der Waals surface area contributed by atoms with Crippen LogP contribution in [0, 0.1) is 13.8 Å². The molecule has 1 aromatic heterocycles. The SMILES string of the molecule is Cc1[nH]c(=O)c(Cl)c(C)c1C(C)C. The fraction of sp³-hybridized carbons (Fsp3) is 0.500. The van der Waals surface area contributed by atoms with Crippen LogP contribution in [-0.4, -0.2) is 4.98 Å². The summed E-state index contributed by atoms with van der Waals surface area (Å²) in [5.74, 6) is 0.384. The summed E-state index contributed by atoms with van der Waals surface area (Å²) in [5.41, 5.74) is 2.77. The Morgan fingerprint density at radius 3 is 2.31 bits per heavy atom. The van der Waals surface area contributed by atoms with Gasteiger partial charge in [0.25, 0.3) is 5.56 Å². The third kappa shape index (κ3) is 1.78. The molecule has 0 saturated heterocycles. The second kappa shape index (κ2) is 3.54. The molecule has 0 aliphatic rings. The van der Waals surface area contributed by atoms with E-state index in [-0.39, 0.29) is 5.56 Å². The molecule has 1 rings (SSSR count). The highest BCUT2D eigenvalue weighted by molar-refractivity contribution is 6.31. The van der Waals surface area contributed by atoms with Crippen LogP contribution in [0.25, 0.3) is 0 Å². The number of H-pyrrole nitrogens is 1. The predicted octanol–water partition coefficient (Wildman–Crippen LogP) is 2.77. The van der Waals surface area contributed by atoms with Crippen LogP contribution in [0.15, 0.2) is 4.79 Å². The molecular formula is C10H14ClNO.